The second-order valence-electron chi connectivity index (χ2n) is 4.89. The van der Waals surface area contributed by atoms with Crippen LogP contribution in [0.15, 0.2) is 54.6 Å². The van der Waals surface area contributed by atoms with Crippen LogP contribution in [0.5, 0.6) is 11.5 Å². The van der Waals surface area contributed by atoms with E-state index in [0.29, 0.717) is 0 Å². The molecule has 0 radical (unpaired) electrons. The molecule has 0 aliphatic rings. The summed E-state index contributed by atoms with van der Waals surface area (Å²) in [5, 5.41) is 0. The first-order valence-corrected chi connectivity index (χ1v) is 6.96. The Balaban J connectivity index is 2.06. The molecule has 0 heterocycles. The summed E-state index contributed by atoms with van der Waals surface area (Å²) in [7, 11) is 0. The molecule has 2 rings (SSSR count). The Morgan fingerprint density at radius 3 is 1.96 bits per heavy atom. The number of hydrogen-bond acceptors (Lipinski definition) is 3. The van der Waals surface area contributed by atoms with Crippen LogP contribution in [0.25, 0.3) is 6.08 Å². The highest BCUT2D eigenvalue weighted by molar-refractivity contribution is 6.06. The van der Waals surface area contributed by atoms with Crippen LogP contribution in [0.2, 0.25) is 0 Å². The molecule has 0 aliphatic carbocycles. The van der Waals surface area contributed by atoms with Gasteiger partial charge in [0, 0.05) is 5.56 Å². The van der Waals surface area contributed by atoms with Crippen LogP contribution >= 0.6 is 0 Å². The van der Waals surface area contributed by atoms with Gasteiger partial charge in [-0.25, -0.2) is 0 Å². The summed E-state index contributed by atoms with van der Waals surface area (Å²) in [4.78, 5) is 12.0. The van der Waals surface area contributed by atoms with Crippen LogP contribution in [-0.2, 0) is 0 Å². The van der Waals surface area contributed by atoms with E-state index in [9.17, 15) is 31.1 Å². The smallest absolute Gasteiger partial charge is 0.406 e. The molecule has 3 nitrogen and oxygen atoms in total. The lowest BCUT2D eigenvalue weighted by atomic mass is 10.1. The van der Waals surface area contributed by atoms with Gasteiger partial charge in [0.2, 0.25) is 0 Å². The molecule has 0 unspecified atom stereocenters. The maximum atomic E-state index is 12.2. The molecule has 0 aromatic heterocycles. The normalized spacial score (nSPS) is 12.2. The van der Waals surface area contributed by atoms with Gasteiger partial charge in [0.1, 0.15) is 11.5 Å². The van der Waals surface area contributed by atoms with Crippen molar-refractivity contribution in [1.82, 2.24) is 0 Å². The molecule has 9 heteroatoms. The van der Waals surface area contributed by atoms with Crippen LogP contribution in [0.1, 0.15) is 15.9 Å². The fourth-order valence-corrected chi connectivity index (χ4v) is 1.90. The number of ether oxygens (including phenoxy) is 2. The molecular weight excluding hydrogens is 366 g/mol. The van der Waals surface area contributed by atoms with Gasteiger partial charge in [-0.05, 0) is 48.0 Å². The highest BCUT2D eigenvalue weighted by Crippen LogP contribution is 2.24. The maximum absolute atomic E-state index is 12.2. The molecule has 0 fully saturated rings. The summed E-state index contributed by atoms with van der Waals surface area (Å²) in [6.45, 7) is 0. The number of carbonyl (C=O) groups is 1. The summed E-state index contributed by atoms with van der Waals surface area (Å²) >= 11 is 0. The van der Waals surface area contributed by atoms with Gasteiger partial charge >= 0.3 is 12.7 Å². The minimum absolute atomic E-state index is 0.0819. The zero-order valence-electron chi connectivity index (χ0n) is 12.8. The molecular formula is C17H10F6O3. The number of benzene rings is 2. The third-order valence-corrected chi connectivity index (χ3v) is 2.89. The Bertz CT molecular complexity index is 791. The average molecular weight is 376 g/mol. The Morgan fingerprint density at radius 1 is 0.808 bits per heavy atom. The SMILES string of the molecule is O=C(C=Cc1cccc(OC(F)(F)F)c1)c1ccc(OC(F)(F)F)cc1. The van der Waals surface area contributed by atoms with Crippen molar-refractivity contribution in [2.24, 2.45) is 0 Å². The number of allylic oxidation sites excluding steroid dienone is 1. The Morgan fingerprint density at radius 2 is 1.38 bits per heavy atom. The Kier molecular flexibility index (Phi) is 5.59. The summed E-state index contributed by atoms with van der Waals surface area (Å²) in [6, 6.07) is 9.18. The van der Waals surface area contributed by atoms with E-state index in [1.54, 1.807) is 0 Å². The standard InChI is InChI=1S/C17H10F6O3/c18-16(19,20)25-13-7-5-12(6-8-13)15(24)9-4-11-2-1-3-14(10-11)26-17(21,22)23/h1-10H. The monoisotopic (exact) mass is 376 g/mol. The van der Waals surface area contributed by atoms with Gasteiger partial charge in [0.05, 0.1) is 0 Å². The second-order valence-corrected chi connectivity index (χ2v) is 4.89. The van der Waals surface area contributed by atoms with E-state index in [1.807, 2.05) is 0 Å². The van der Waals surface area contributed by atoms with Crippen LogP contribution in [-0.4, -0.2) is 18.5 Å². The van der Waals surface area contributed by atoms with Crippen molar-refractivity contribution in [2.75, 3.05) is 0 Å². The van der Waals surface area contributed by atoms with Gasteiger partial charge in [-0.2, -0.15) is 0 Å². The van der Waals surface area contributed by atoms with Gasteiger partial charge in [0.15, 0.2) is 5.78 Å². The molecule has 0 amide bonds. The van der Waals surface area contributed by atoms with Crippen molar-refractivity contribution in [3.8, 4) is 11.5 Å². The molecule has 0 spiro atoms. The average Bonchev–Trinajstić information content (AvgIpc) is 2.50. The molecule has 0 saturated carbocycles. The van der Waals surface area contributed by atoms with E-state index in [2.05, 4.69) is 9.47 Å². The number of halogens is 6. The van der Waals surface area contributed by atoms with E-state index in [4.69, 9.17) is 0 Å². The van der Waals surface area contributed by atoms with Crippen molar-refractivity contribution in [1.29, 1.82) is 0 Å². The van der Waals surface area contributed by atoms with Crippen molar-refractivity contribution in [3.05, 3.63) is 65.7 Å². The lowest BCUT2D eigenvalue weighted by molar-refractivity contribution is -0.275. The van der Waals surface area contributed by atoms with Gasteiger partial charge < -0.3 is 9.47 Å². The first-order chi connectivity index (χ1) is 12.0. The fourth-order valence-electron chi connectivity index (χ4n) is 1.90. The summed E-state index contributed by atoms with van der Waals surface area (Å²) in [5.74, 6) is -1.47. The number of hydrogen-bond donors (Lipinski definition) is 0. The van der Waals surface area contributed by atoms with Gasteiger partial charge in [-0.3, -0.25) is 4.79 Å². The number of ketones is 1. The number of carbonyl (C=O) groups excluding carboxylic acids is 1. The first kappa shape index (κ1) is 19.4. The Labute approximate surface area is 143 Å². The van der Waals surface area contributed by atoms with E-state index >= 15 is 0 Å². The van der Waals surface area contributed by atoms with Gasteiger partial charge in [-0.1, -0.05) is 18.2 Å². The molecule has 26 heavy (non-hydrogen) atoms. The van der Waals surface area contributed by atoms with Crippen LogP contribution in [0, 0.1) is 0 Å². The number of rotatable bonds is 5. The second kappa shape index (κ2) is 7.51. The zero-order chi connectivity index (χ0) is 19.4. The Hall–Kier alpha value is -2.97. The van der Waals surface area contributed by atoms with E-state index in [0.717, 1.165) is 42.5 Å². The lowest BCUT2D eigenvalue weighted by Crippen LogP contribution is -2.17. The van der Waals surface area contributed by atoms with E-state index < -0.39 is 30.0 Å². The lowest BCUT2D eigenvalue weighted by Gasteiger charge is -2.09. The van der Waals surface area contributed by atoms with Crippen LogP contribution < -0.4 is 9.47 Å². The summed E-state index contributed by atoms with van der Waals surface area (Å²) in [6.07, 6.45) is -7.34. The third kappa shape index (κ3) is 6.50. The minimum atomic E-state index is -4.84. The maximum Gasteiger partial charge on any atom is 0.573 e. The molecule has 2 aromatic rings. The van der Waals surface area contributed by atoms with E-state index in [1.165, 1.54) is 18.2 Å². The highest BCUT2D eigenvalue weighted by Gasteiger charge is 2.31. The van der Waals surface area contributed by atoms with Crippen molar-refractivity contribution >= 4 is 11.9 Å². The van der Waals surface area contributed by atoms with Crippen molar-refractivity contribution < 1.29 is 40.6 Å². The largest absolute Gasteiger partial charge is 0.573 e. The predicted molar refractivity (Wildman–Crippen MR) is 79.6 cm³/mol. The third-order valence-electron chi connectivity index (χ3n) is 2.89. The summed E-state index contributed by atoms with van der Waals surface area (Å²) < 4.78 is 80.1. The van der Waals surface area contributed by atoms with Crippen LogP contribution in [0.4, 0.5) is 26.3 Å². The molecule has 2 aromatic carbocycles. The quantitative estimate of drug-likeness (QED) is 0.399. The molecule has 0 N–H and O–H groups in total. The van der Waals surface area contributed by atoms with Gasteiger partial charge in [0.25, 0.3) is 0 Å². The molecule has 138 valence electrons. The first-order valence-electron chi connectivity index (χ1n) is 6.96. The fraction of sp³-hybridized carbons (Fsp3) is 0.118. The molecule has 0 aliphatic heterocycles. The topological polar surface area (TPSA) is 35.5 Å². The zero-order valence-corrected chi connectivity index (χ0v) is 12.8. The predicted octanol–water partition coefficient (Wildman–Crippen LogP) is 5.38. The number of alkyl halides is 6. The van der Waals surface area contributed by atoms with E-state index in [-0.39, 0.29) is 11.1 Å². The molecule has 0 bridgehead atoms. The van der Waals surface area contributed by atoms with Crippen molar-refractivity contribution in [3.63, 3.8) is 0 Å². The summed E-state index contributed by atoms with van der Waals surface area (Å²) in [5.41, 5.74) is 0.357. The van der Waals surface area contributed by atoms with Crippen LogP contribution in [0.3, 0.4) is 0 Å². The van der Waals surface area contributed by atoms with Crippen molar-refractivity contribution in [2.45, 2.75) is 12.7 Å². The highest BCUT2D eigenvalue weighted by atomic mass is 19.4. The van der Waals surface area contributed by atoms with Gasteiger partial charge in [-0.15, -0.1) is 26.3 Å². The molecule has 0 saturated heterocycles. The molecule has 0 atom stereocenters. The minimum Gasteiger partial charge on any atom is -0.406 e.